The number of hydrogen-bond acceptors (Lipinski definition) is 7. The Morgan fingerprint density at radius 3 is 1.79 bits per heavy atom. The van der Waals surface area contributed by atoms with Gasteiger partial charge in [0.25, 0.3) is 0 Å². The number of likely N-dealkylation sites (N-methyl/N-ethyl adjacent to an activating group) is 1. The first-order valence-corrected chi connectivity index (χ1v) is 20.4. The maximum Gasteiger partial charge on any atom is 0.510 e. The van der Waals surface area contributed by atoms with E-state index in [4.69, 9.17) is 23.7 Å². The van der Waals surface area contributed by atoms with E-state index in [9.17, 15) is 9.59 Å². The Morgan fingerprint density at radius 2 is 1.23 bits per heavy atom. The van der Waals surface area contributed by atoms with Crippen molar-refractivity contribution < 1.29 is 42.2 Å². The molecule has 0 radical (unpaired) electrons. The minimum absolute atomic E-state index is 0.163. The van der Waals surface area contributed by atoms with Gasteiger partial charge in [0, 0.05) is 51.6 Å². The second-order valence-electron chi connectivity index (χ2n) is 16.5. The van der Waals surface area contributed by atoms with Crippen LogP contribution in [0.1, 0.15) is 107 Å². The smallest absolute Gasteiger partial charge is 0.459 e. The molecule has 4 fully saturated rings. The molecule has 1 spiro atoms. The molecule has 2 bridgehead atoms. The Hall–Kier alpha value is -2.98. The SMILES string of the molecule is C[N+]1(C)CCC(OCCCCCCCCCCOC(=O)OCOC(C(=O)OC2CC3CCC(C2)[N+]32CCCC2)(c2ccccc2)c2ccccc2)C1. The first-order chi connectivity index (χ1) is 25.3. The fraction of sp³-hybridized carbons (Fsp3) is 0.674. The number of rotatable bonds is 19. The van der Waals surface area contributed by atoms with Crippen LogP contribution < -0.4 is 0 Å². The first-order valence-electron chi connectivity index (χ1n) is 20.4. The minimum Gasteiger partial charge on any atom is -0.459 e. The van der Waals surface area contributed by atoms with Crippen LogP contribution in [0.2, 0.25) is 0 Å². The number of nitrogens with zero attached hydrogens (tertiary/aromatic N) is 2. The molecule has 2 aromatic rings. The zero-order chi connectivity index (χ0) is 36.3. The Kier molecular flexibility index (Phi) is 13.7. The number of piperidine rings is 1. The van der Waals surface area contributed by atoms with Crippen LogP contribution in [0.5, 0.6) is 0 Å². The van der Waals surface area contributed by atoms with Crippen LogP contribution in [0, 0.1) is 0 Å². The third-order valence-electron chi connectivity index (χ3n) is 12.5. The highest BCUT2D eigenvalue weighted by Gasteiger charge is 2.57. The average Bonchev–Trinajstić information content (AvgIpc) is 3.82. The van der Waals surface area contributed by atoms with Crippen molar-refractivity contribution >= 4 is 12.1 Å². The number of benzene rings is 2. The normalized spacial score (nSPS) is 24.6. The molecule has 4 saturated heterocycles. The maximum absolute atomic E-state index is 14.5. The van der Waals surface area contributed by atoms with E-state index in [0.29, 0.717) is 35.9 Å². The molecule has 9 heteroatoms. The van der Waals surface area contributed by atoms with Gasteiger partial charge in [-0.3, -0.25) is 0 Å². The van der Waals surface area contributed by atoms with E-state index in [0.717, 1.165) is 56.2 Å². The summed E-state index contributed by atoms with van der Waals surface area (Å²) in [5.74, 6) is -0.470. The van der Waals surface area contributed by atoms with E-state index < -0.39 is 24.5 Å². The van der Waals surface area contributed by atoms with E-state index in [1.165, 1.54) is 81.9 Å². The maximum atomic E-state index is 14.5. The summed E-state index contributed by atoms with van der Waals surface area (Å²) in [4.78, 5) is 27.1. The van der Waals surface area contributed by atoms with Gasteiger partial charge in [-0.25, -0.2) is 9.59 Å². The van der Waals surface area contributed by atoms with Crippen molar-refractivity contribution in [3.8, 4) is 0 Å². The number of ether oxygens (including phenoxy) is 5. The van der Waals surface area contributed by atoms with Gasteiger partial charge in [0.05, 0.1) is 52.4 Å². The van der Waals surface area contributed by atoms with E-state index in [1.807, 2.05) is 60.7 Å². The lowest BCUT2D eigenvalue weighted by Crippen LogP contribution is -2.60. The minimum atomic E-state index is -1.60. The molecule has 0 aliphatic carbocycles. The fourth-order valence-corrected chi connectivity index (χ4v) is 9.76. The highest BCUT2D eigenvalue weighted by atomic mass is 16.8. The standard InChI is InChI=1S/C43H64N2O7/c1-44(2)28-25-39(33-44)48-29-17-7-5-3-4-6-8-18-30-49-42(47)50-34-51-43(35-19-11-9-12-20-35,36-21-13-10-14-22-36)41(46)52-40-31-37-23-24-38(32-40)45(37)26-15-16-27-45/h9-14,19-22,37-40H,3-8,15-18,23-34H2,1-2H3/q+2. The summed E-state index contributed by atoms with van der Waals surface area (Å²) in [6.45, 7) is 5.61. The van der Waals surface area contributed by atoms with Crippen molar-refractivity contribution in [3.05, 3.63) is 71.8 Å². The molecule has 0 amide bonds. The van der Waals surface area contributed by atoms with Crippen LogP contribution in [-0.2, 0) is 34.1 Å². The monoisotopic (exact) mass is 720 g/mol. The van der Waals surface area contributed by atoms with E-state index >= 15 is 0 Å². The summed E-state index contributed by atoms with van der Waals surface area (Å²) < 4.78 is 32.0. The largest absolute Gasteiger partial charge is 0.510 e. The van der Waals surface area contributed by atoms with Crippen LogP contribution in [0.3, 0.4) is 0 Å². The summed E-state index contributed by atoms with van der Waals surface area (Å²) in [6.07, 6.45) is 16.4. The molecule has 0 aromatic heterocycles. The Bertz CT molecular complexity index is 1340. The van der Waals surface area contributed by atoms with Crippen LogP contribution in [0.25, 0.3) is 0 Å². The summed E-state index contributed by atoms with van der Waals surface area (Å²) in [5, 5.41) is 0. The molecule has 3 unspecified atom stereocenters. The first kappa shape index (κ1) is 38.7. The summed E-state index contributed by atoms with van der Waals surface area (Å²) >= 11 is 0. The molecule has 52 heavy (non-hydrogen) atoms. The number of carbonyl (C=O) groups is 2. The molecule has 4 aliphatic rings. The lowest BCUT2D eigenvalue weighted by atomic mass is 9.85. The van der Waals surface area contributed by atoms with E-state index in [1.54, 1.807) is 0 Å². The number of quaternary nitrogens is 2. The summed E-state index contributed by atoms with van der Waals surface area (Å²) in [6, 6.07) is 19.9. The zero-order valence-corrected chi connectivity index (χ0v) is 31.9. The molecule has 9 nitrogen and oxygen atoms in total. The third kappa shape index (κ3) is 9.57. The van der Waals surface area contributed by atoms with Gasteiger partial charge in [0.2, 0.25) is 5.60 Å². The molecule has 4 heterocycles. The molecule has 0 saturated carbocycles. The van der Waals surface area contributed by atoms with Crippen molar-refractivity contribution in [1.82, 2.24) is 0 Å². The van der Waals surface area contributed by atoms with Gasteiger partial charge in [0.15, 0.2) is 6.79 Å². The number of likely N-dealkylation sites (tertiary alicyclic amines) is 1. The highest BCUT2D eigenvalue weighted by molar-refractivity contribution is 5.86. The molecule has 3 atom stereocenters. The molecule has 4 aliphatic heterocycles. The zero-order valence-electron chi connectivity index (χ0n) is 31.9. The molecule has 2 aromatic carbocycles. The summed E-state index contributed by atoms with van der Waals surface area (Å²) in [5.41, 5.74) is -0.338. The second-order valence-corrected chi connectivity index (χ2v) is 16.5. The lowest BCUT2D eigenvalue weighted by Gasteiger charge is -2.47. The molecule has 6 rings (SSSR count). The fourth-order valence-electron chi connectivity index (χ4n) is 9.76. The van der Waals surface area contributed by atoms with Crippen LogP contribution in [0.15, 0.2) is 60.7 Å². The Labute approximate surface area is 312 Å². The topological polar surface area (TPSA) is 80.3 Å². The molecule has 0 N–H and O–H groups in total. The average molecular weight is 721 g/mol. The van der Waals surface area contributed by atoms with Gasteiger partial charge in [-0.1, -0.05) is 99.2 Å². The number of carbonyl (C=O) groups excluding carboxylic acids is 2. The van der Waals surface area contributed by atoms with Gasteiger partial charge < -0.3 is 32.7 Å². The Balaban J connectivity index is 0.929. The van der Waals surface area contributed by atoms with E-state index in [2.05, 4.69) is 14.1 Å². The highest BCUT2D eigenvalue weighted by Crippen LogP contribution is 2.47. The van der Waals surface area contributed by atoms with Crippen molar-refractivity contribution in [1.29, 1.82) is 0 Å². The van der Waals surface area contributed by atoms with Crippen molar-refractivity contribution in [2.45, 2.75) is 126 Å². The predicted octanol–water partition coefficient (Wildman–Crippen LogP) is 7.89. The number of esters is 1. The number of unbranched alkanes of at least 4 members (excludes halogenated alkanes) is 7. The second kappa shape index (κ2) is 18.4. The van der Waals surface area contributed by atoms with Crippen molar-refractivity contribution in [2.75, 3.05) is 60.3 Å². The van der Waals surface area contributed by atoms with Gasteiger partial charge >= 0.3 is 12.1 Å². The van der Waals surface area contributed by atoms with Gasteiger partial charge in [0.1, 0.15) is 18.8 Å². The van der Waals surface area contributed by atoms with Gasteiger partial charge in [-0.2, -0.15) is 0 Å². The predicted molar refractivity (Wildman–Crippen MR) is 200 cm³/mol. The van der Waals surface area contributed by atoms with Crippen LogP contribution in [-0.4, -0.2) is 106 Å². The van der Waals surface area contributed by atoms with Crippen molar-refractivity contribution in [2.24, 2.45) is 0 Å². The Morgan fingerprint density at radius 1 is 0.673 bits per heavy atom. The third-order valence-corrected chi connectivity index (χ3v) is 12.5. The van der Waals surface area contributed by atoms with Crippen LogP contribution >= 0.6 is 0 Å². The summed E-state index contributed by atoms with van der Waals surface area (Å²) in [7, 11) is 4.56. The van der Waals surface area contributed by atoms with Gasteiger partial charge in [-0.15, -0.1) is 0 Å². The quantitative estimate of drug-likeness (QED) is 0.0632. The van der Waals surface area contributed by atoms with Gasteiger partial charge in [-0.05, 0) is 24.0 Å². The van der Waals surface area contributed by atoms with Crippen molar-refractivity contribution in [3.63, 3.8) is 0 Å². The lowest BCUT2D eigenvalue weighted by molar-refractivity contribution is -0.956. The molecular weight excluding hydrogens is 656 g/mol. The van der Waals surface area contributed by atoms with E-state index in [-0.39, 0.29) is 6.10 Å². The molecular formula is C43H64N2O7+2. The number of hydrogen-bond donors (Lipinski definition) is 0. The van der Waals surface area contributed by atoms with Crippen LogP contribution in [0.4, 0.5) is 4.79 Å². The molecule has 286 valence electrons.